The predicted octanol–water partition coefficient (Wildman–Crippen LogP) is 4.48. The van der Waals surface area contributed by atoms with E-state index in [-0.39, 0.29) is 27.4 Å². The van der Waals surface area contributed by atoms with E-state index in [4.69, 9.17) is 17.3 Å². The number of nitrogens with one attached hydrogen (secondary N) is 1. The molecule has 2 aromatic carbocycles. The fourth-order valence-corrected chi connectivity index (χ4v) is 5.45. The molecule has 0 aliphatic carbocycles. The average molecular weight is 493 g/mol. The summed E-state index contributed by atoms with van der Waals surface area (Å²) in [5.74, 6) is 0.216. The van der Waals surface area contributed by atoms with E-state index in [0.29, 0.717) is 17.4 Å². The van der Waals surface area contributed by atoms with Crippen molar-refractivity contribution in [2.45, 2.75) is 30.4 Å². The first-order chi connectivity index (χ1) is 14.9. The van der Waals surface area contributed by atoms with Crippen molar-refractivity contribution in [2.75, 3.05) is 24.4 Å². The van der Waals surface area contributed by atoms with Gasteiger partial charge in [-0.3, -0.25) is 0 Å². The molecule has 32 heavy (non-hydrogen) atoms. The number of nitrogen functional groups attached to an aromatic ring is 1. The summed E-state index contributed by atoms with van der Waals surface area (Å²) in [5.41, 5.74) is 7.70. The summed E-state index contributed by atoms with van der Waals surface area (Å²) in [5, 5.41) is 3.06. The SMILES string of the molecule is CC(C)S(=O)(=O)c1cc(P(C)(C)=O)ccc1Nc1nc(N)nc(Cc2ccccc2)c1Cl. The molecule has 0 unspecified atom stereocenters. The number of nitrogens with zero attached hydrogens (tertiary/aromatic N) is 2. The molecule has 0 spiro atoms. The third-order valence-corrected chi connectivity index (χ3v) is 9.03. The maximum atomic E-state index is 13.1. The minimum Gasteiger partial charge on any atom is -0.368 e. The number of anilines is 3. The molecule has 0 saturated heterocycles. The molecular weight excluding hydrogens is 467 g/mol. The highest BCUT2D eigenvalue weighted by Crippen LogP contribution is 2.38. The molecule has 3 aromatic rings. The van der Waals surface area contributed by atoms with Crippen LogP contribution in [0.1, 0.15) is 25.1 Å². The standard InChI is InChI=1S/C22H26ClN4O3PS/c1-14(2)32(29,30)19-13-16(31(3,4)28)10-11-17(19)25-21-20(23)18(26-22(24)27-21)12-15-8-6-5-7-9-15/h5-11,13-14H,12H2,1-4H3,(H3,24,25,26,27). The van der Waals surface area contributed by atoms with E-state index in [0.717, 1.165) is 5.56 Å². The summed E-state index contributed by atoms with van der Waals surface area (Å²) in [4.78, 5) is 8.47. The summed E-state index contributed by atoms with van der Waals surface area (Å²) in [7, 11) is -6.37. The fourth-order valence-electron chi connectivity index (χ4n) is 3.07. The number of benzene rings is 2. The smallest absolute Gasteiger partial charge is 0.222 e. The van der Waals surface area contributed by atoms with Crippen LogP contribution < -0.4 is 16.4 Å². The van der Waals surface area contributed by atoms with Crippen molar-refractivity contribution in [3.05, 3.63) is 64.8 Å². The summed E-state index contributed by atoms with van der Waals surface area (Å²) in [6.45, 7) is 6.38. The van der Waals surface area contributed by atoms with Gasteiger partial charge in [-0.15, -0.1) is 0 Å². The summed E-state index contributed by atoms with van der Waals surface area (Å²) >= 11 is 6.58. The van der Waals surface area contributed by atoms with E-state index >= 15 is 0 Å². The summed E-state index contributed by atoms with van der Waals surface area (Å²) in [6.07, 6.45) is 0.437. The van der Waals surface area contributed by atoms with Gasteiger partial charge in [0.25, 0.3) is 0 Å². The van der Waals surface area contributed by atoms with Crippen molar-refractivity contribution in [2.24, 2.45) is 0 Å². The van der Waals surface area contributed by atoms with Crippen LogP contribution in [0.3, 0.4) is 0 Å². The Hall–Kier alpha value is -2.41. The van der Waals surface area contributed by atoms with Crippen molar-refractivity contribution in [3.63, 3.8) is 0 Å². The van der Waals surface area contributed by atoms with Crippen LogP contribution in [0.2, 0.25) is 5.02 Å². The van der Waals surface area contributed by atoms with Gasteiger partial charge in [-0.25, -0.2) is 13.4 Å². The van der Waals surface area contributed by atoms with Crippen LogP contribution >= 0.6 is 18.7 Å². The van der Waals surface area contributed by atoms with Gasteiger partial charge in [0.15, 0.2) is 15.7 Å². The Balaban J connectivity index is 2.09. The number of hydrogen-bond acceptors (Lipinski definition) is 7. The highest BCUT2D eigenvalue weighted by atomic mass is 35.5. The van der Waals surface area contributed by atoms with Crippen molar-refractivity contribution in [1.29, 1.82) is 0 Å². The molecule has 0 atom stereocenters. The third kappa shape index (κ3) is 5.31. The Morgan fingerprint density at radius 1 is 1.09 bits per heavy atom. The molecule has 0 aliphatic rings. The topological polar surface area (TPSA) is 115 Å². The van der Waals surface area contributed by atoms with Gasteiger partial charge in [-0.1, -0.05) is 41.9 Å². The average Bonchev–Trinajstić information content (AvgIpc) is 2.71. The first-order valence-corrected chi connectivity index (χ1v) is 14.5. The van der Waals surface area contributed by atoms with Gasteiger partial charge in [0.2, 0.25) is 5.95 Å². The number of sulfone groups is 1. The van der Waals surface area contributed by atoms with Crippen molar-refractivity contribution >= 4 is 51.3 Å². The van der Waals surface area contributed by atoms with Gasteiger partial charge >= 0.3 is 0 Å². The van der Waals surface area contributed by atoms with E-state index in [1.165, 1.54) is 6.07 Å². The first-order valence-electron chi connectivity index (χ1n) is 9.96. The van der Waals surface area contributed by atoms with Crippen molar-refractivity contribution in [1.82, 2.24) is 9.97 Å². The van der Waals surface area contributed by atoms with Gasteiger partial charge in [-0.05, 0) is 50.9 Å². The highest BCUT2D eigenvalue weighted by molar-refractivity contribution is 7.92. The van der Waals surface area contributed by atoms with Crippen LogP contribution in [-0.2, 0) is 20.8 Å². The van der Waals surface area contributed by atoms with Gasteiger partial charge in [-0.2, -0.15) is 4.98 Å². The van der Waals surface area contributed by atoms with E-state index in [2.05, 4.69) is 15.3 Å². The molecule has 170 valence electrons. The molecule has 0 amide bonds. The molecule has 3 N–H and O–H groups in total. The quantitative estimate of drug-likeness (QED) is 0.467. The minimum atomic E-state index is -3.69. The van der Waals surface area contributed by atoms with E-state index in [1.54, 1.807) is 39.3 Å². The number of nitrogens with two attached hydrogens (primary N) is 1. The third-order valence-electron chi connectivity index (χ3n) is 4.92. The summed E-state index contributed by atoms with van der Waals surface area (Å²) in [6, 6.07) is 14.3. The zero-order valence-corrected chi connectivity index (χ0v) is 20.8. The molecule has 0 bridgehead atoms. The second-order valence-corrected chi connectivity index (χ2v) is 14.2. The van der Waals surface area contributed by atoms with Crippen LogP contribution in [0.4, 0.5) is 17.5 Å². The maximum Gasteiger partial charge on any atom is 0.222 e. The molecular formula is C22H26ClN4O3PS. The molecule has 7 nitrogen and oxygen atoms in total. The van der Waals surface area contributed by atoms with E-state index in [9.17, 15) is 13.0 Å². The van der Waals surface area contributed by atoms with E-state index in [1.807, 2.05) is 30.3 Å². The monoisotopic (exact) mass is 492 g/mol. The lowest BCUT2D eigenvalue weighted by atomic mass is 10.1. The Kier molecular flexibility index (Phi) is 6.98. The van der Waals surface area contributed by atoms with Crippen LogP contribution in [0.15, 0.2) is 53.4 Å². The number of rotatable bonds is 7. The Bertz CT molecular complexity index is 1290. The molecule has 0 fully saturated rings. The number of hydrogen-bond donors (Lipinski definition) is 2. The van der Waals surface area contributed by atoms with Crippen LogP contribution in [0.25, 0.3) is 0 Å². The summed E-state index contributed by atoms with van der Waals surface area (Å²) < 4.78 is 38.7. The van der Waals surface area contributed by atoms with Crippen LogP contribution in [-0.4, -0.2) is 37.0 Å². The second-order valence-electron chi connectivity index (χ2n) is 8.10. The van der Waals surface area contributed by atoms with Crippen LogP contribution in [0.5, 0.6) is 0 Å². The van der Waals surface area contributed by atoms with Gasteiger partial charge in [0.1, 0.15) is 12.2 Å². The first kappa shape index (κ1) is 24.2. The largest absolute Gasteiger partial charge is 0.368 e. The van der Waals surface area contributed by atoms with Crippen molar-refractivity contribution < 1.29 is 13.0 Å². The maximum absolute atomic E-state index is 13.1. The minimum absolute atomic E-state index is 0.0133. The lowest BCUT2D eigenvalue weighted by Crippen LogP contribution is -2.18. The normalized spacial score (nSPS) is 12.2. The molecule has 0 saturated carbocycles. The van der Waals surface area contributed by atoms with Gasteiger partial charge in [0.05, 0.1) is 21.5 Å². The van der Waals surface area contributed by atoms with E-state index < -0.39 is 22.2 Å². The number of halogens is 1. The second kappa shape index (κ2) is 9.22. The highest BCUT2D eigenvalue weighted by Gasteiger charge is 2.26. The van der Waals surface area contributed by atoms with Gasteiger partial charge in [0, 0.05) is 11.7 Å². The lowest BCUT2D eigenvalue weighted by molar-refractivity contribution is 0.588. The fraction of sp³-hybridized carbons (Fsp3) is 0.273. The molecule has 3 rings (SSSR count). The Morgan fingerprint density at radius 3 is 2.34 bits per heavy atom. The van der Waals surface area contributed by atoms with Crippen LogP contribution in [0, 0.1) is 0 Å². The zero-order chi connectivity index (χ0) is 23.7. The molecule has 0 aliphatic heterocycles. The number of aromatic nitrogens is 2. The van der Waals surface area contributed by atoms with Gasteiger partial charge < -0.3 is 15.6 Å². The Morgan fingerprint density at radius 2 is 1.75 bits per heavy atom. The molecule has 1 aromatic heterocycles. The lowest BCUT2D eigenvalue weighted by Gasteiger charge is -2.18. The molecule has 10 heteroatoms. The Labute approximate surface area is 193 Å². The predicted molar refractivity (Wildman–Crippen MR) is 132 cm³/mol. The van der Waals surface area contributed by atoms with Crippen molar-refractivity contribution in [3.8, 4) is 0 Å². The molecule has 1 heterocycles. The zero-order valence-electron chi connectivity index (χ0n) is 18.3. The molecule has 0 radical (unpaired) electrons.